The summed E-state index contributed by atoms with van der Waals surface area (Å²) in [4.78, 5) is 14.4. The SMILES string of the molecule is CC1=NCCC(C=O)C1. The molecule has 2 nitrogen and oxygen atoms in total. The van der Waals surface area contributed by atoms with E-state index in [2.05, 4.69) is 4.99 Å². The average molecular weight is 125 g/mol. The molecule has 1 aliphatic heterocycles. The molecule has 0 amide bonds. The van der Waals surface area contributed by atoms with Crippen LogP contribution >= 0.6 is 0 Å². The lowest BCUT2D eigenvalue weighted by molar-refractivity contribution is -0.111. The van der Waals surface area contributed by atoms with Crippen LogP contribution in [0.15, 0.2) is 4.99 Å². The first kappa shape index (κ1) is 6.46. The van der Waals surface area contributed by atoms with E-state index in [4.69, 9.17) is 0 Å². The largest absolute Gasteiger partial charge is 0.303 e. The van der Waals surface area contributed by atoms with E-state index in [1.54, 1.807) is 0 Å². The summed E-state index contributed by atoms with van der Waals surface area (Å²) in [6, 6.07) is 0. The van der Waals surface area contributed by atoms with Crippen molar-refractivity contribution in [2.45, 2.75) is 19.8 Å². The molecule has 1 rings (SSSR count). The summed E-state index contributed by atoms with van der Waals surface area (Å²) in [5.41, 5.74) is 1.12. The van der Waals surface area contributed by atoms with E-state index in [9.17, 15) is 4.79 Å². The van der Waals surface area contributed by atoms with Gasteiger partial charge in [0, 0.05) is 18.2 Å². The fourth-order valence-electron chi connectivity index (χ4n) is 1.08. The van der Waals surface area contributed by atoms with E-state index in [-0.39, 0.29) is 5.92 Å². The lowest BCUT2D eigenvalue weighted by atomic mass is 9.98. The van der Waals surface area contributed by atoms with Gasteiger partial charge in [-0.15, -0.1) is 0 Å². The molecule has 0 aromatic carbocycles. The highest BCUT2D eigenvalue weighted by Crippen LogP contribution is 2.11. The van der Waals surface area contributed by atoms with Crippen molar-refractivity contribution in [2.24, 2.45) is 10.9 Å². The zero-order valence-corrected chi connectivity index (χ0v) is 5.63. The predicted octanol–water partition coefficient (Wildman–Crippen LogP) is 1.06. The molecule has 50 valence electrons. The number of carbonyl (C=O) groups excluding carboxylic acids is 1. The number of aliphatic imine (C=N–C) groups is 1. The van der Waals surface area contributed by atoms with Crippen molar-refractivity contribution >= 4 is 12.0 Å². The number of carbonyl (C=O) groups is 1. The summed E-state index contributed by atoms with van der Waals surface area (Å²) >= 11 is 0. The van der Waals surface area contributed by atoms with E-state index in [1.807, 2.05) is 6.92 Å². The van der Waals surface area contributed by atoms with Gasteiger partial charge < -0.3 is 4.79 Å². The van der Waals surface area contributed by atoms with E-state index in [0.717, 1.165) is 31.4 Å². The summed E-state index contributed by atoms with van der Waals surface area (Å²) in [5, 5.41) is 0. The summed E-state index contributed by atoms with van der Waals surface area (Å²) in [6.07, 6.45) is 2.86. The van der Waals surface area contributed by atoms with Gasteiger partial charge in [0.25, 0.3) is 0 Å². The van der Waals surface area contributed by atoms with Gasteiger partial charge in [-0.25, -0.2) is 0 Å². The van der Waals surface area contributed by atoms with E-state index in [1.165, 1.54) is 0 Å². The van der Waals surface area contributed by atoms with Crippen molar-refractivity contribution in [3.63, 3.8) is 0 Å². The molecule has 0 aliphatic carbocycles. The Bertz CT molecular complexity index is 140. The van der Waals surface area contributed by atoms with Crippen molar-refractivity contribution < 1.29 is 4.79 Å². The molecule has 0 radical (unpaired) electrons. The molecular weight excluding hydrogens is 114 g/mol. The van der Waals surface area contributed by atoms with Crippen molar-refractivity contribution in [3.8, 4) is 0 Å². The second-order valence-electron chi connectivity index (χ2n) is 2.51. The minimum absolute atomic E-state index is 0.252. The molecule has 0 saturated heterocycles. The van der Waals surface area contributed by atoms with Crippen LogP contribution in [0.4, 0.5) is 0 Å². The second kappa shape index (κ2) is 2.76. The molecule has 0 fully saturated rings. The van der Waals surface area contributed by atoms with Crippen LogP contribution in [0.2, 0.25) is 0 Å². The van der Waals surface area contributed by atoms with Crippen LogP contribution in [0, 0.1) is 5.92 Å². The molecule has 0 N–H and O–H groups in total. The maximum atomic E-state index is 10.3. The molecule has 1 heterocycles. The lowest BCUT2D eigenvalue weighted by Crippen LogP contribution is -2.14. The highest BCUT2D eigenvalue weighted by molar-refractivity contribution is 5.84. The second-order valence-corrected chi connectivity index (χ2v) is 2.51. The fraction of sp³-hybridized carbons (Fsp3) is 0.714. The van der Waals surface area contributed by atoms with Crippen molar-refractivity contribution in [2.75, 3.05) is 6.54 Å². The standard InChI is InChI=1S/C7H11NO/c1-6-4-7(5-9)2-3-8-6/h5,7H,2-4H2,1H3. The maximum Gasteiger partial charge on any atom is 0.123 e. The number of nitrogens with zero attached hydrogens (tertiary/aromatic N) is 1. The van der Waals surface area contributed by atoms with Gasteiger partial charge in [0.2, 0.25) is 0 Å². The zero-order chi connectivity index (χ0) is 6.69. The summed E-state index contributed by atoms with van der Waals surface area (Å²) in [5.74, 6) is 0.252. The highest BCUT2D eigenvalue weighted by atomic mass is 16.1. The molecule has 1 unspecified atom stereocenters. The topological polar surface area (TPSA) is 29.4 Å². The number of hydrogen-bond donors (Lipinski definition) is 0. The zero-order valence-electron chi connectivity index (χ0n) is 5.63. The molecular formula is C7H11NO. The van der Waals surface area contributed by atoms with Crippen LogP contribution in [-0.2, 0) is 4.79 Å². The van der Waals surface area contributed by atoms with Gasteiger partial charge in [0.15, 0.2) is 0 Å². The number of aldehydes is 1. The first-order valence-electron chi connectivity index (χ1n) is 3.28. The van der Waals surface area contributed by atoms with Gasteiger partial charge in [-0.3, -0.25) is 4.99 Å². The molecule has 0 aromatic rings. The summed E-state index contributed by atoms with van der Waals surface area (Å²) in [6.45, 7) is 2.82. The van der Waals surface area contributed by atoms with Gasteiger partial charge in [-0.05, 0) is 19.8 Å². The van der Waals surface area contributed by atoms with Crippen LogP contribution in [0.3, 0.4) is 0 Å². The minimum Gasteiger partial charge on any atom is -0.303 e. The van der Waals surface area contributed by atoms with Gasteiger partial charge in [0.05, 0.1) is 0 Å². The molecule has 0 bridgehead atoms. The van der Waals surface area contributed by atoms with Gasteiger partial charge in [0.1, 0.15) is 6.29 Å². The van der Waals surface area contributed by atoms with Crippen molar-refractivity contribution in [1.29, 1.82) is 0 Å². The van der Waals surface area contributed by atoms with Crippen LogP contribution in [0.25, 0.3) is 0 Å². The Morgan fingerprint density at radius 3 is 3.00 bits per heavy atom. The third-order valence-electron chi connectivity index (χ3n) is 1.63. The quantitative estimate of drug-likeness (QED) is 0.482. The first-order valence-corrected chi connectivity index (χ1v) is 3.28. The average Bonchev–Trinajstić information content (AvgIpc) is 1.88. The van der Waals surface area contributed by atoms with Gasteiger partial charge in [-0.2, -0.15) is 0 Å². The molecule has 9 heavy (non-hydrogen) atoms. The fourth-order valence-corrected chi connectivity index (χ4v) is 1.08. The normalized spacial score (nSPS) is 27.2. The predicted molar refractivity (Wildman–Crippen MR) is 36.8 cm³/mol. The van der Waals surface area contributed by atoms with Crippen LogP contribution in [0.1, 0.15) is 19.8 Å². The Labute approximate surface area is 55.0 Å². The first-order chi connectivity index (χ1) is 4.33. The molecule has 0 aromatic heterocycles. The summed E-state index contributed by atoms with van der Waals surface area (Å²) in [7, 11) is 0. The van der Waals surface area contributed by atoms with Crippen LogP contribution in [-0.4, -0.2) is 18.5 Å². The molecule has 0 spiro atoms. The Morgan fingerprint density at radius 1 is 1.78 bits per heavy atom. The summed E-state index contributed by atoms with van der Waals surface area (Å²) < 4.78 is 0. The maximum absolute atomic E-state index is 10.3. The lowest BCUT2D eigenvalue weighted by Gasteiger charge is -2.13. The Kier molecular flexibility index (Phi) is 1.98. The van der Waals surface area contributed by atoms with E-state index < -0.39 is 0 Å². The Hall–Kier alpha value is -0.660. The molecule has 2 heteroatoms. The van der Waals surface area contributed by atoms with Gasteiger partial charge in [-0.1, -0.05) is 0 Å². The van der Waals surface area contributed by atoms with E-state index in [0.29, 0.717) is 0 Å². The highest BCUT2D eigenvalue weighted by Gasteiger charge is 2.11. The van der Waals surface area contributed by atoms with Crippen molar-refractivity contribution in [1.82, 2.24) is 0 Å². The Balaban J connectivity index is 2.48. The minimum atomic E-state index is 0.252. The van der Waals surface area contributed by atoms with E-state index >= 15 is 0 Å². The third kappa shape index (κ3) is 1.63. The molecule has 0 saturated carbocycles. The molecule has 1 atom stereocenters. The van der Waals surface area contributed by atoms with Gasteiger partial charge >= 0.3 is 0 Å². The molecule has 1 aliphatic rings. The van der Waals surface area contributed by atoms with Crippen molar-refractivity contribution in [3.05, 3.63) is 0 Å². The number of hydrogen-bond acceptors (Lipinski definition) is 2. The smallest absolute Gasteiger partial charge is 0.123 e. The Morgan fingerprint density at radius 2 is 2.56 bits per heavy atom. The third-order valence-corrected chi connectivity index (χ3v) is 1.63. The van der Waals surface area contributed by atoms with Crippen LogP contribution < -0.4 is 0 Å². The number of rotatable bonds is 1. The monoisotopic (exact) mass is 125 g/mol. The van der Waals surface area contributed by atoms with Crippen LogP contribution in [0.5, 0.6) is 0 Å².